The molecule has 0 fully saturated rings. The predicted molar refractivity (Wildman–Crippen MR) is 91.5 cm³/mol. The van der Waals surface area contributed by atoms with E-state index < -0.39 is 11.9 Å². The van der Waals surface area contributed by atoms with E-state index in [1.807, 2.05) is 0 Å². The minimum Gasteiger partial charge on any atom is -0.545 e. The van der Waals surface area contributed by atoms with Crippen LogP contribution >= 0.6 is 0 Å². The third-order valence-electron chi connectivity index (χ3n) is 3.83. The van der Waals surface area contributed by atoms with Gasteiger partial charge >= 0.3 is 0 Å². The van der Waals surface area contributed by atoms with E-state index in [4.69, 9.17) is 4.74 Å². The number of carbonyl (C=O) groups excluding carboxylic acids is 3. The van der Waals surface area contributed by atoms with Crippen molar-refractivity contribution in [1.29, 1.82) is 0 Å². The monoisotopic (exact) mass is 360 g/mol. The summed E-state index contributed by atoms with van der Waals surface area (Å²) in [5.41, 5.74) is 0.815. The Kier molecular flexibility index (Phi) is 4.99. The molecule has 0 radical (unpaired) electrons. The zero-order valence-electron chi connectivity index (χ0n) is 13.9. The first kappa shape index (κ1) is 17.9. The molecule has 6 heteroatoms. The van der Waals surface area contributed by atoms with Crippen molar-refractivity contribution in [1.82, 2.24) is 0 Å². The lowest BCUT2D eigenvalue weighted by Gasteiger charge is -2.08. The largest absolute Gasteiger partial charge is 0.545 e. The second-order valence-electron chi connectivity index (χ2n) is 5.63. The topological polar surface area (TPSA) is 107 Å². The highest BCUT2D eigenvalue weighted by Crippen LogP contribution is 2.23. The molecule has 134 valence electrons. The second kappa shape index (κ2) is 7.53. The minimum atomic E-state index is -1.30. The van der Waals surface area contributed by atoms with Gasteiger partial charge in [0.05, 0.1) is 11.9 Å². The van der Waals surface area contributed by atoms with Gasteiger partial charge in [0.1, 0.15) is 11.5 Å². The lowest BCUT2D eigenvalue weighted by atomic mass is 10.0. The molecule has 0 aliphatic rings. The number of hydrogen-bond acceptors (Lipinski definition) is 6. The number of ether oxygens (including phenoxy) is 1. The lowest BCUT2D eigenvalue weighted by molar-refractivity contribution is -0.256. The van der Waals surface area contributed by atoms with Crippen molar-refractivity contribution >= 4 is 17.7 Å². The third kappa shape index (κ3) is 4.19. The summed E-state index contributed by atoms with van der Waals surface area (Å²) in [5, 5.41) is 21.5. The molecule has 0 aliphatic carbocycles. The number of rotatable bonds is 6. The molecule has 0 heterocycles. The second-order valence-corrected chi connectivity index (χ2v) is 5.63. The number of benzene rings is 3. The number of hydrogen-bond donors (Lipinski definition) is 0. The highest BCUT2D eigenvalue weighted by Gasteiger charge is 2.09. The summed E-state index contributed by atoms with van der Waals surface area (Å²) in [6, 6.07) is 17.6. The van der Waals surface area contributed by atoms with Gasteiger partial charge < -0.3 is 24.5 Å². The summed E-state index contributed by atoms with van der Waals surface area (Å²) in [6.07, 6.45) is 0. The van der Waals surface area contributed by atoms with E-state index in [-0.39, 0.29) is 16.9 Å². The maximum atomic E-state index is 12.4. The van der Waals surface area contributed by atoms with Crippen LogP contribution in [0.25, 0.3) is 0 Å². The van der Waals surface area contributed by atoms with Gasteiger partial charge in [-0.2, -0.15) is 0 Å². The van der Waals surface area contributed by atoms with Crippen LogP contribution in [0.3, 0.4) is 0 Å². The van der Waals surface area contributed by atoms with Crippen LogP contribution in [-0.2, 0) is 0 Å². The van der Waals surface area contributed by atoms with Crippen molar-refractivity contribution < 1.29 is 29.3 Å². The van der Waals surface area contributed by atoms with Crippen LogP contribution in [0.15, 0.2) is 72.8 Å². The molecule has 0 saturated carbocycles. The van der Waals surface area contributed by atoms with Gasteiger partial charge in [0, 0.05) is 11.1 Å². The van der Waals surface area contributed by atoms with E-state index in [9.17, 15) is 24.6 Å². The Morgan fingerprint density at radius 1 is 0.519 bits per heavy atom. The number of ketones is 1. The van der Waals surface area contributed by atoms with Crippen LogP contribution in [-0.4, -0.2) is 17.7 Å². The van der Waals surface area contributed by atoms with Gasteiger partial charge in [-0.3, -0.25) is 4.79 Å². The zero-order chi connectivity index (χ0) is 19.4. The molecular weight excluding hydrogens is 348 g/mol. The van der Waals surface area contributed by atoms with Crippen LogP contribution in [0.4, 0.5) is 0 Å². The molecular formula is C21H12O6-2. The van der Waals surface area contributed by atoms with Crippen LogP contribution < -0.4 is 14.9 Å². The Bertz CT molecular complexity index is 986. The number of carbonyl (C=O) groups is 3. The standard InChI is InChI=1S/C21H14O6/c22-19(13-1-3-15(4-2-13)20(23)24)14-5-9-17(10-6-14)27-18-11-7-16(8-12-18)21(25)26/h1-12H,(H,23,24)(H,25,26)/p-2. The molecule has 6 nitrogen and oxygen atoms in total. The van der Waals surface area contributed by atoms with E-state index >= 15 is 0 Å². The quantitative estimate of drug-likeness (QED) is 0.616. The molecule has 3 rings (SSSR count). The molecule has 3 aromatic carbocycles. The fourth-order valence-corrected chi connectivity index (χ4v) is 2.39. The van der Waals surface area contributed by atoms with Crippen LogP contribution in [0.2, 0.25) is 0 Å². The molecule has 0 spiro atoms. The summed E-state index contributed by atoms with van der Waals surface area (Å²) in [6.45, 7) is 0. The summed E-state index contributed by atoms with van der Waals surface area (Å²) in [5.74, 6) is -1.91. The summed E-state index contributed by atoms with van der Waals surface area (Å²) in [7, 11) is 0. The van der Waals surface area contributed by atoms with Gasteiger partial charge in [0.2, 0.25) is 0 Å². The maximum absolute atomic E-state index is 12.4. The van der Waals surface area contributed by atoms with Crippen molar-refractivity contribution in [2.75, 3.05) is 0 Å². The van der Waals surface area contributed by atoms with Gasteiger partial charge in [0.25, 0.3) is 0 Å². The van der Waals surface area contributed by atoms with Gasteiger partial charge in [0.15, 0.2) is 5.78 Å². The zero-order valence-corrected chi connectivity index (χ0v) is 13.9. The Morgan fingerprint density at radius 3 is 1.19 bits per heavy atom. The molecule has 27 heavy (non-hydrogen) atoms. The number of carboxylic acids is 2. The van der Waals surface area contributed by atoms with Gasteiger partial charge in [-0.05, 0) is 59.7 Å². The Hall–Kier alpha value is -3.93. The lowest BCUT2D eigenvalue weighted by Crippen LogP contribution is -2.22. The van der Waals surface area contributed by atoms with Gasteiger partial charge in [-0.1, -0.05) is 24.3 Å². The third-order valence-corrected chi connectivity index (χ3v) is 3.83. The van der Waals surface area contributed by atoms with Gasteiger partial charge in [-0.25, -0.2) is 0 Å². The predicted octanol–water partition coefficient (Wildman–Crippen LogP) is 1.44. The molecule has 0 aliphatic heterocycles. The average molecular weight is 360 g/mol. The molecule has 0 atom stereocenters. The fraction of sp³-hybridized carbons (Fsp3) is 0. The molecule has 0 bridgehead atoms. The maximum Gasteiger partial charge on any atom is 0.193 e. The van der Waals surface area contributed by atoms with E-state index in [0.29, 0.717) is 22.6 Å². The van der Waals surface area contributed by atoms with E-state index in [1.165, 1.54) is 48.5 Å². The van der Waals surface area contributed by atoms with E-state index in [2.05, 4.69) is 0 Å². The van der Waals surface area contributed by atoms with Crippen molar-refractivity contribution in [2.24, 2.45) is 0 Å². The van der Waals surface area contributed by atoms with Crippen LogP contribution in [0, 0.1) is 0 Å². The first-order valence-corrected chi connectivity index (χ1v) is 7.89. The first-order valence-electron chi connectivity index (χ1n) is 7.89. The molecule has 0 N–H and O–H groups in total. The molecule has 0 unspecified atom stereocenters. The highest BCUT2D eigenvalue weighted by molar-refractivity contribution is 6.09. The Labute approximate surface area is 154 Å². The number of carboxylic acid groups (broad SMARTS) is 2. The van der Waals surface area contributed by atoms with Crippen molar-refractivity contribution in [3.05, 3.63) is 95.1 Å². The SMILES string of the molecule is O=C([O-])c1ccc(Oc2ccc(C(=O)c3ccc(C(=O)[O-])cc3)cc2)cc1. The normalized spacial score (nSPS) is 10.2. The Morgan fingerprint density at radius 2 is 0.815 bits per heavy atom. The summed E-state index contributed by atoms with van der Waals surface area (Å²) < 4.78 is 5.60. The van der Waals surface area contributed by atoms with E-state index in [1.54, 1.807) is 24.3 Å². The van der Waals surface area contributed by atoms with Gasteiger partial charge in [-0.15, -0.1) is 0 Å². The molecule has 0 saturated heterocycles. The smallest absolute Gasteiger partial charge is 0.193 e. The molecule has 3 aromatic rings. The fourth-order valence-electron chi connectivity index (χ4n) is 2.39. The Balaban J connectivity index is 1.71. The van der Waals surface area contributed by atoms with Crippen LogP contribution in [0.1, 0.15) is 36.6 Å². The number of aromatic carboxylic acids is 2. The van der Waals surface area contributed by atoms with Crippen molar-refractivity contribution in [3.63, 3.8) is 0 Å². The molecule has 0 aromatic heterocycles. The summed E-state index contributed by atoms with van der Waals surface area (Å²) >= 11 is 0. The highest BCUT2D eigenvalue weighted by atomic mass is 16.5. The average Bonchev–Trinajstić information content (AvgIpc) is 2.68. The minimum absolute atomic E-state index is 0.00000392. The van der Waals surface area contributed by atoms with E-state index in [0.717, 1.165) is 0 Å². The molecule has 0 amide bonds. The summed E-state index contributed by atoms with van der Waals surface area (Å²) in [4.78, 5) is 33.9. The van der Waals surface area contributed by atoms with Crippen molar-refractivity contribution in [3.8, 4) is 11.5 Å². The van der Waals surface area contributed by atoms with Crippen molar-refractivity contribution in [2.45, 2.75) is 0 Å². The van der Waals surface area contributed by atoms with Crippen LogP contribution in [0.5, 0.6) is 11.5 Å². The first-order chi connectivity index (χ1) is 12.9.